The highest BCUT2D eigenvalue weighted by atomic mass is 32.2. The third kappa shape index (κ3) is 4.72. The van der Waals surface area contributed by atoms with Crippen LogP contribution in [0.4, 0.5) is 0 Å². The Morgan fingerprint density at radius 2 is 1.82 bits per heavy atom. The van der Waals surface area contributed by atoms with E-state index >= 15 is 0 Å². The predicted molar refractivity (Wildman–Crippen MR) is 129 cm³/mol. The number of ether oxygens (including phenoxy) is 1. The SMILES string of the molecule is CS(=O)(=O)C(Cc1ccc(-c2cccnc2)cc1)(c1cccc(OCC(=O)O)c1)c1ccc[nH]1. The molecule has 2 aromatic carbocycles. The van der Waals surface area contributed by atoms with Crippen LogP contribution in [0.1, 0.15) is 16.8 Å². The van der Waals surface area contributed by atoms with Crippen LogP contribution in [-0.2, 0) is 25.8 Å². The minimum Gasteiger partial charge on any atom is -0.482 e. The molecule has 0 spiro atoms. The van der Waals surface area contributed by atoms with Crippen molar-refractivity contribution in [3.63, 3.8) is 0 Å². The molecule has 4 rings (SSSR count). The molecule has 7 nitrogen and oxygen atoms in total. The number of aromatic amines is 1. The summed E-state index contributed by atoms with van der Waals surface area (Å²) < 4.78 is 30.8. The first-order valence-corrected chi connectivity index (χ1v) is 12.5. The highest BCUT2D eigenvalue weighted by Crippen LogP contribution is 2.41. The van der Waals surface area contributed by atoms with Crippen LogP contribution in [0.15, 0.2) is 91.4 Å². The largest absolute Gasteiger partial charge is 0.482 e. The smallest absolute Gasteiger partial charge is 0.341 e. The number of carboxylic acid groups (broad SMARTS) is 1. The molecule has 34 heavy (non-hydrogen) atoms. The number of aliphatic carboxylic acids is 1. The van der Waals surface area contributed by atoms with Gasteiger partial charge in [-0.1, -0.05) is 42.5 Å². The van der Waals surface area contributed by atoms with Gasteiger partial charge < -0.3 is 14.8 Å². The molecule has 0 amide bonds. The van der Waals surface area contributed by atoms with Gasteiger partial charge in [0.15, 0.2) is 16.4 Å². The lowest BCUT2D eigenvalue weighted by Gasteiger charge is -2.32. The lowest BCUT2D eigenvalue weighted by Crippen LogP contribution is -2.39. The Kier molecular flexibility index (Phi) is 6.51. The first-order chi connectivity index (χ1) is 16.3. The molecule has 0 aliphatic carbocycles. The average Bonchev–Trinajstić information content (AvgIpc) is 3.37. The lowest BCUT2D eigenvalue weighted by atomic mass is 9.87. The summed E-state index contributed by atoms with van der Waals surface area (Å²) in [5.74, 6) is -0.829. The topological polar surface area (TPSA) is 109 Å². The third-order valence-corrected chi connectivity index (χ3v) is 7.60. The lowest BCUT2D eigenvalue weighted by molar-refractivity contribution is -0.139. The van der Waals surface area contributed by atoms with Crippen LogP contribution >= 0.6 is 0 Å². The Balaban J connectivity index is 1.80. The Morgan fingerprint density at radius 1 is 1.03 bits per heavy atom. The molecule has 2 heterocycles. The molecule has 0 saturated carbocycles. The highest BCUT2D eigenvalue weighted by molar-refractivity contribution is 7.91. The van der Waals surface area contributed by atoms with Crippen LogP contribution in [-0.4, -0.2) is 42.3 Å². The second kappa shape index (κ2) is 9.52. The summed E-state index contributed by atoms with van der Waals surface area (Å²) in [6.45, 7) is -0.520. The van der Waals surface area contributed by atoms with E-state index in [1.54, 1.807) is 55.0 Å². The molecule has 0 fully saturated rings. The highest BCUT2D eigenvalue weighted by Gasteiger charge is 2.45. The molecule has 0 radical (unpaired) electrons. The van der Waals surface area contributed by atoms with E-state index in [2.05, 4.69) is 9.97 Å². The summed E-state index contributed by atoms with van der Waals surface area (Å²) in [6, 6.07) is 21.6. The van der Waals surface area contributed by atoms with Crippen molar-refractivity contribution in [3.8, 4) is 16.9 Å². The molecule has 8 heteroatoms. The molecule has 0 aliphatic rings. The number of aromatic nitrogens is 2. The quantitative estimate of drug-likeness (QED) is 0.377. The maximum absolute atomic E-state index is 13.5. The molecule has 174 valence electrons. The van der Waals surface area contributed by atoms with Crippen LogP contribution < -0.4 is 4.74 Å². The average molecular weight is 477 g/mol. The number of carboxylic acids is 1. The van der Waals surface area contributed by atoms with Gasteiger partial charge in [-0.3, -0.25) is 4.98 Å². The Hall–Kier alpha value is -3.91. The van der Waals surface area contributed by atoms with E-state index in [1.165, 1.54) is 6.26 Å². The Morgan fingerprint density at radius 3 is 2.44 bits per heavy atom. The summed E-state index contributed by atoms with van der Waals surface area (Å²) in [6.07, 6.45) is 6.55. The van der Waals surface area contributed by atoms with Gasteiger partial charge in [-0.2, -0.15) is 0 Å². The Bertz CT molecular complexity index is 1370. The summed E-state index contributed by atoms with van der Waals surface area (Å²) in [4.78, 5) is 18.2. The van der Waals surface area contributed by atoms with Crippen LogP contribution in [0.3, 0.4) is 0 Å². The monoisotopic (exact) mass is 476 g/mol. The Labute approximate surface area is 198 Å². The van der Waals surface area contributed by atoms with Crippen LogP contribution in [0.2, 0.25) is 0 Å². The fourth-order valence-corrected chi connectivity index (χ4v) is 5.61. The zero-order chi connectivity index (χ0) is 24.2. The van der Waals surface area contributed by atoms with Gasteiger partial charge in [0.1, 0.15) is 10.5 Å². The second-order valence-corrected chi connectivity index (χ2v) is 10.2. The van der Waals surface area contributed by atoms with Crippen molar-refractivity contribution < 1.29 is 23.1 Å². The number of nitrogens with one attached hydrogen (secondary N) is 1. The standard InChI is InChI=1S/C26H24N2O5S/c1-34(31,32)26(24-8-4-14-28-24,22-6-2-7-23(15-22)33-18-25(29)30)16-19-9-11-20(12-10-19)21-5-3-13-27-17-21/h2-15,17,28H,16,18H2,1H3,(H,29,30). The molecule has 0 saturated heterocycles. The number of rotatable bonds is 9. The van der Waals surface area contributed by atoms with Gasteiger partial charge in [-0.25, -0.2) is 13.2 Å². The van der Waals surface area contributed by atoms with Crippen LogP contribution in [0.5, 0.6) is 5.75 Å². The molecule has 0 aliphatic heterocycles. The van der Waals surface area contributed by atoms with E-state index in [1.807, 2.05) is 36.4 Å². The fourth-order valence-electron chi connectivity index (χ4n) is 4.10. The van der Waals surface area contributed by atoms with Crippen molar-refractivity contribution in [1.29, 1.82) is 0 Å². The number of sulfone groups is 1. The molecule has 4 aromatic rings. The van der Waals surface area contributed by atoms with Gasteiger partial charge >= 0.3 is 5.97 Å². The predicted octanol–water partition coefficient (Wildman–Crippen LogP) is 4.07. The van der Waals surface area contributed by atoms with Gasteiger partial charge in [-0.15, -0.1) is 0 Å². The fraction of sp³-hybridized carbons (Fsp3) is 0.154. The van der Waals surface area contributed by atoms with Gasteiger partial charge in [0.25, 0.3) is 0 Å². The van der Waals surface area contributed by atoms with Crippen molar-refractivity contribution >= 4 is 15.8 Å². The first-order valence-electron chi connectivity index (χ1n) is 10.6. The van der Waals surface area contributed by atoms with E-state index in [4.69, 9.17) is 9.84 Å². The maximum Gasteiger partial charge on any atom is 0.341 e. The number of nitrogens with zero attached hydrogens (tertiary/aromatic N) is 1. The van der Waals surface area contributed by atoms with E-state index in [0.717, 1.165) is 16.7 Å². The summed E-state index contributed by atoms with van der Waals surface area (Å²) in [5.41, 5.74) is 3.77. The van der Waals surface area contributed by atoms with Crippen molar-refractivity contribution in [1.82, 2.24) is 9.97 Å². The second-order valence-electron chi connectivity index (χ2n) is 8.01. The number of carbonyl (C=O) groups is 1. The number of benzene rings is 2. The number of hydrogen-bond donors (Lipinski definition) is 2. The van der Waals surface area contributed by atoms with E-state index < -0.39 is 27.2 Å². The minimum atomic E-state index is -3.72. The van der Waals surface area contributed by atoms with Gasteiger partial charge in [-0.05, 0) is 52.6 Å². The molecule has 2 aromatic heterocycles. The molecule has 1 atom stereocenters. The van der Waals surface area contributed by atoms with E-state index in [-0.39, 0.29) is 12.2 Å². The number of pyridine rings is 1. The van der Waals surface area contributed by atoms with Crippen LogP contribution in [0.25, 0.3) is 11.1 Å². The molecule has 1 unspecified atom stereocenters. The van der Waals surface area contributed by atoms with E-state index in [9.17, 15) is 13.2 Å². The summed E-state index contributed by atoms with van der Waals surface area (Å²) >= 11 is 0. The van der Waals surface area contributed by atoms with Crippen molar-refractivity contribution in [2.45, 2.75) is 11.2 Å². The normalized spacial score (nSPS) is 13.2. The first kappa shape index (κ1) is 23.3. The maximum atomic E-state index is 13.5. The van der Waals surface area contributed by atoms with E-state index in [0.29, 0.717) is 11.3 Å². The van der Waals surface area contributed by atoms with Crippen molar-refractivity contribution in [2.24, 2.45) is 0 Å². The van der Waals surface area contributed by atoms with Gasteiger partial charge in [0.2, 0.25) is 0 Å². The number of hydrogen-bond acceptors (Lipinski definition) is 5. The van der Waals surface area contributed by atoms with Crippen molar-refractivity contribution in [3.05, 3.63) is 108 Å². The summed E-state index contributed by atoms with van der Waals surface area (Å²) in [7, 11) is -3.72. The van der Waals surface area contributed by atoms with Crippen LogP contribution in [0, 0.1) is 0 Å². The number of H-pyrrole nitrogens is 1. The summed E-state index contributed by atoms with van der Waals surface area (Å²) in [5, 5.41) is 8.95. The molecule has 0 bridgehead atoms. The van der Waals surface area contributed by atoms with Crippen molar-refractivity contribution in [2.75, 3.05) is 12.9 Å². The molecular weight excluding hydrogens is 452 g/mol. The minimum absolute atomic E-state index is 0.169. The zero-order valence-electron chi connectivity index (χ0n) is 18.5. The molecular formula is C26H24N2O5S. The van der Waals surface area contributed by atoms with Gasteiger partial charge in [0.05, 0.1) is 0 Å². The molecule has 2 N–H and O–H groups in total. The zero-order valence-corrected chi connectivity index (χ0v) is 19.3. The third-order valence-electron chi connectivity index (χ3n) is 5.73. The van der Waals surface area contributed by atoms with Gasteiger partial charge in [0, 0.05) is 37.0 Å².